The summed E-state index contributed by atoms with van der Waals surface area (Å²) in [5, 5.41) is 19.4. The highest BCUT2D eigenvalue weighted by Gasteiger charge is 2.17. The molecule has 4 heteroatoms. The maximum Gasteiger partial charge on any atom is 0.119 e. The lowest BCUT2D eigenvalue weighted by Crippen LogP contribution is -2.31. The second-order valence-electron chi connectivity index (χ2n) is 4.81. The maximum absolute atomic E-state index is 10.4. The van der Waals surface area contributed by atoms with Crippen LogP contribution in [0.25, 0.3) is 0 Å². The van der Waals surface area contributed by atoms with Gasteiger partial charge >= 0.3 is 0 Å². The van der Waals surface area contributed by atoms with Gasteiger partial charge in [-0.15, -0.1) is 0 Å². The summed E-state index contributed by atoms with van der Waals surface area (Å²) in [4.78, 5) is 2.04. The average molecular weight is 267 g/mol. The van der Waals surface area contributed by atoms with Gasteiger partial charge < -0.3 is 14.9 Å². The number of rotatable bonds is 7. The summed E-state index contributed by atoms with van der Waals surface area (Å²) in [7, 11) is 1.64. The fraction of sp³-hybridized carbons (Fsp3) is 0.600. The van der Waals surface area contributed by atoms with Gasteiger partial charge in [-0.25, -0.2) is 0 Å². The Morgan fingerprint density at radius 2 is 1.84 bits per heavy atom. The quantitative estimate of drug-likeness (QED) is 0.789. The molecule has 1 aromatic carbocycles. The van der Waals surface area contributed by atoms with Gasteiger partial charge in [-0.3, -0.25) is 4.90 Å². The Morgan fingerprint density at radius 3 is 2.26 bits per heavy atom. The van der Waals surface area contributed by atoms with Crippen molar-refractivity contribution in [2.75, 3.05) is 33.4 Å². The zero-order valence-corrected chi connectivity index (χ0v) is 12.3. The molecule has 0 saturated heterocycles. The molecular weight excluding hydrogens is 242 g/mol. The summed E-state index contributed by atoms with van der Waals surface area (Å²) in [6, 6.07) is 3.88. The highest BCUT2D eigenvalue weighted by atomic mass is 16.5. The van der Waals surface area contributed by atoms with Crippen molar-refractivity contribution in [1.29, 1.82) is 0 Å². The first kappa shape index (κ1) is 16.0. The molecule has 0 amide bonds. The Balaban J connectivity index is 2.90. The Morgan fingerprint density at radius 1 is 1.26 bits per heavy atom. The number of likely N-dealkylation sites (N-methyl/N-ethyl adjacent to an activating group) is 1. The van der Waals surface area contributed by atoms with E-state index in [1.54, 1.807) is 7.11 Å². The van der Waals surface area contributed by atoms with E-state index in [0.29, 0.717) is 13.1 Å². The molecule has 0 saturated carbocycles. The standard InChI is InChI=1S/C15H25NO3/c1-5-16(6-7-17)10-14(18)15-11(2)8-13(19-4)9-12(15)3/h8-9,14,17-18H,5-7,10H2,1-4H3. The highest BCUT2D eigenvalue weighted by molar-refractivity contribution is 5.42. The van der Waals surface area contributed by atoms with Crippen LogP contribution in [0.1, 0.15) is 29.7 Å². The predicted molar refractivity (Wildman–Crippen MR) is 76.6 cm³/mol. The third-order valence-corrected chi connectivity index (χ3v) is 3.43. The van der Waals surface area contributed by atoms with Crippen LogP contribution in [0.15, 0.2) is 12.1 Å². The van der Waals surface area contributed by atoms with E-state index >= 15 is 0 Å². The topological polar surface area (TPSA) is 52.9 Å². The largest absolute Gasteiger partial charge is 0.497 e. The number of nitrogens with zero attached hydrogens (tertiary/aromatic N) is 1. The summed E-state index contributed by atoms with van der Waals surface area (Å²) in [5.41, 5.74) is 3.02. The molecule has 1 atom stereocenters. The molecule has 0 bridgehead atoms. The third-order valence-electron chi connectivity index (χ3n) is 3.43. The summed E-state index contributed by atoms with van der Waals surface area (Å²) in [6.45, 7) is 8.03. The van der Waals surface area contributed by atoms with Gasteiger partial charge in [0.25, 0.3) is 0 Å². The molecule has 19 heavy (non-hydrogen) atoms. The molecule has 0 heterocycles. The van der Waals surface area contributed by atoms with Gasteiger partial charge in [-0.05, 0) is 49.2 Å². The number of ether oxygens (including phenoxy) is 1. The van der Waals surface area contributed by atoms with Gasteiger partial charge in [0.05, 0.1) is 19.8 Å². The van der Waals surface area contributed by atoms with E-state index in [2.05, 4.69) is 0 Å². The van der Waals surface area contributed by atoms with Crippen molar-refractivity contribution in [2.24, 2.45) is 0 Å². The minimum absolute atomic E-state index is 0.112. The van der Waals surface area contributed by atoms with Crippen molar-refractivity contribution in [1.82, 2.24) is 4.90 Å². The highest BCUT2D eigenvalue weighted by Crippen LogP contribution is 2.27. The molecule has 0 aliphatic heterocycles. The van der Waals surface area contributed by atoms with E-state index in [1.807, 2.05) is 37.8 Å². The van der Waals surface area contributed by atoms with Crippen LogP contribution in [0.4, 0.5) is 0 Å². The second kappa shape index (κ2) is 7.48. The monoisotopic (exact) mass is 267 g/mol. The number of hydrogen-bond donors (Lipinski definition) is 2. The van der Waals surface area contributed by atoms with Crippen LogP contribution in [0.3, 0.4) is 0 Å². The van der Waals surface area contributed by atoms with Crippen LogP contribution in [-0.4, -0.2) is 48.5 Å². The molecule has 0 radical (unpaired) electrons. The van der Waals surface area contributed by atoms with E-state index in [4.69, 9.17) is 9.84 Å². The molecule has 1 rings (SSSR count). The summed E-state index contributed by atoms with van der Waals surface area (Å²) in [5.74, 6) is 0.814. The molecule has 1 unspecified atom stereocenters. The first-order chi connectivity index (χ1) is 9.03. The number of hydrogen-bond acceptors (Lipinski definition) is 4. The van der Waals surface area contributed by atoms with Crippen molar-refractivity contribution in [3.8, 4) is 5.75 Å². The fourth-order valence-electron chi connectivity index (χ4n) is 2.43. The van der Waals surface area contributed by atoms with Crippen LogP contribution in [0.2, 0.25) is 0 Å². The van der Waals surface area contributed by atoms with Gasteiger partial charge in [-0.1, -0.05) is 6.92 Å². The zero-order valence-electron chi connectivity index (χ0n) is 12.3. The number of aliphatic hydroxyl groups is 2. The summed E-state index contributed by atoms with van der Waals surface area (Å²) >= 11 is 0. The minimum Gasteiger partial charge on any atom is -0.497 e. The molecule has 0 aromatic heterocycles. The van der Waals surface area contributed by atoms with Gasteiger partial charge in [0, 0.05) is 13.1 Å². The summed E-state index contributed by atoms with van der Waals surface area (Å²) in [6.07, 6.45) is -0.544. The Bertz CT molecular complexity index is 383. The van der Waals surface area contributed by atoms with Crippen LogP contribution >= 0.6 is 0 Å². The molecule has 0 fully saturated rings. The normalized spacial score (nSPS) is 12.8. The van der Waals surface area contributed by atoms with Crippen molar-refractivity contribution >= 4 is 0 Å². The second-order valence-corrected chi connectivity index (χ2v) is 4.81. The Hall–Kier alpha value is -1.10. The van der Waals surface area contributed by atoms with Crippen molar-refractivity contribution in [3.63, 3.8) is 0 Å². The third kappa shape index (κ3) is 4.20. The maximum atomic E-state index is 10.4. The lowest BCUT2D eigenvalue weighted by atomic mass is 9.97. The number of methoxy groups -OCH3 is 1. The van der Waals surface area contributed by atoms with Crippen LogP contribution in [-0.2, 0) is 0 Å². The molecular formula is C15H25NO3. The number of benzene rings is 1. The molecule has 4 nitrogen and oxygen atoms in total. The van der Waals surface area contributed by atoms with E-state index in [1.165, 1.54) is 0 Å². The van der Waals surface area contributed by atoms with Crippen molar-refractivity contribution in [3.05, 3.63) is 28.8 Å². The molecule has 0 aliphatic rings. The molecule has 2 N–H and O–H groups in total. The van der Waals surface area contributed by atoms with Gasteiger partial charge in [0.1, 0.15) is 5.75 Å². The lowest BCUT2D eigenvalue weighted by molar-refractivity contribution is 0.102. The van der Waals surface area contributed by atoms with Crippen LogP contribution in [0, 0.1) is 13.8 Å². The molecule has 0 aliphatic carbocycles. The molecule has 108 valence electrons. The van der Waals surface area contributed by atoms with Crippen LogP contribution in [0.5, 0.6) is 5.75 Å². The zero-order chi connectivity index (χ0) is 14.4. The summed E-state index contributed by atoms with van der Waals surface area (Å²) < 4.78 is 5.23. The van der Waals surface area contributed by atoms with Gasteiger partial charge in [0.15, 0.2) is 0 Å². The van der Waals surface area contributed by atoms with Crippen molar-refractivity contribution < 1.29 is 14.9 Å². The number of aryl methyl sites for hydroxylation is 2. The molecule has 0 spiro atoms. The van der Waals surface area contributed by atoms with Gasteiger partial charge in [0.2, 0.25) is 0 Å². The SMILES string of the molecule is CCN(CCO)CC(O)c1c(C)cc(OC)cc1C. The van der Waals surface area contributed by atoms with E-state index in [9.17, 15) is 5.11 Å². The van der Waals surface area contributed by atoms with E-state index < -0.39 is 6.10 Å². The Labute approximate surface area is 115 Å². The first-order valence-electron chi connectivity index (χ1n) is 6.69. The number of aliphatic hydroxyl groups excluding tert-OH is 2. The van der Waals surface area contributed by atoms with Gasteiger partial charge in [-0.2, -0.15) is 0 Å². The fourth-order valence-corrected chi connectivity index (χ4v) is 2.43. The average Bonchev–Trinajstić information content (AvgIpc) is 2.37. The van der Waals surface area contributed by atoms with E-state index in [0.717, 1.165) is 29.0 Å². The predicted octanol–water partition coefficient (Wildman–Crippen LogP) is 1.66. The van der Waals surface area contributed by atoms with Crippen molar-refractivity contribution in [2.45, 2.75) is 26.9 Å². The lowest BCUT2D eigenvalue weighted by Gasteiger charge is -2.25. The smallest absolute Gasteiger partial charge is 0.119 e. The van der Waals surface area contributed by atoms with Crippen LogP contribution < -0.4 is 4.74 Å². The minimum atomic E-state index is -0.544. The Kier molecular flexibility index (Phi) is 6.28. The molecule has 1 aromatic rings. The van der Waals surface area contributed by atoms with E-state index in [-0.39, 0.29) is 6.61 Å². The first-order valence-corrected chi connectivity index (χ1v) is 6.69.